The molecule has 0 aromatic carbocycles. The van der Waals surface area contributed by atoms with E-state index in [1.54, 1.807) is 0 Å². The van der Waals surface area contributed by atoms with Gasteiger partial charge in [0.15, 0.2) is 0 Å². The second-order valence-corrected chi connectivity index (χ2v) is 4.34. The van der Waals surface area contributed by atoms with Gasteiger partial charge in [-0.3, -0.25) is 0 Å². The number of anilines is 1. The average Bonchev–Trinajstić information content (AvgIpc) is 2.16. The summed E-state index contributed by atoms with van der Waals surface area (Å²) < 4.78 is 0. The third kappa shape index (κ3) is 3.61. The molecular weight excluding hydrogens is 226 g/mol. The maximum absolute atomic E-state index is 8.87. The molecule has 0 fully saturated rings. The van der Waals surface area contributed by atoms with Gasteiger partial charge in [0, 0.05) is 31.0 Å². The molecule has 1 aromatic rings. The zero-order chi connectivity index (χ0) is 12.1. The third-order valence-corrected chi connectivity index (χ3v) is 2.46. The van der Waals surface area contributed by atoms with E-state index in [2.05, 4.69) is 28.7 Å². The molecule has 0 aliphatic rings. The molecule has 0 unspecified atom stereocenters. The molecule has 4 nitrogen and oxygen atoms in total. The molecule has 1 N–H and O–H groups in total. The first-order valence-corrected chi connectivity index (χ1v) is 5.81. The predicted octanol–water partition coefficient (Wildman–Crippen LogP) is 2.04. The smallest absolute Gasteiger partial charge is 0.224 e. The number of halogens is 1. The molecule has 0 spiro atoms. The lowest BCUT2D eigenvalue weighted by molar-refractivity contribution is 0.288. The van der Waals surface area contributed by atoms with E-state index in [-0.39, 0.29) is 11.9 Å². The van der Waals surface area contributed by atoms with Gasteiger partial charge in [0.25, 0.3) is 0 Å². The fraction of sp³-hybridized carbons (Fsp3) is 0.636. The summed E-state index contributed by atoms with van der Waals surface area (Å²) in [5.74, 6) is 0.820. The second kappa shape index (κ2) is 6.01. The largest absolute Gasteiger partial charge is 0.396 e. The predicted molar refractivity (Wildman–Crippen MR) is 66.0 cm³/mol. The standard InChI is InChI=1S/C11H18ClN3O/c1-8(2)15(5-4-6-16)10-7-9(3)13-11(12)14-10/h7-8,16H,4-6H2,1-3H3. The highest BCUT2D eigenvalue weighted by Gasteiger charge is 2.12. The summed E-state index contributed by atoms with van der Waals surface area (Å²) in [4.78, 5) is 10.3. The Balaban J connectivity index is 2.91. The van der Waals surface area contributed by atoms with Gasteiger partial charge < -0.3 is 10.0 Å². The lowest BCUT2D eigenvalue weighted by Gasteiger charge is -2.27. The fourth-order valence-corrected chi connectivity index (χ4v) is 1.76. The van der Waals surface area contributed by atoms with E-state index in [1.807, 2.05) is 13.0 Å². The van der Waals surface area contributed by atoms with Crippen molar-refractivity contribution in [3.63, 3.8) is 0 Å². The van der Waals surface area contributed by atoms with Crippen molar-refractivity contribution in [2.24, 2.45) is 0 Å². The molecule has 1 rings (SSSR count). The Morgan fingerprint density at radius 3 is 2.62 bits per heavy atom. The quantitative estimate of drug-likeness (QED) is 0.804. The maximum Gasteiger partial charge on any atom is 0.224 e. The first kappa shape index (κ1) is 13.2. The number of aromatic nitrogens is 2. The summed E-state index contributed by atoms with van der Waals surface area (Å²) in [5.41, 5.74) is 0.852. The Bertz CT molecular complexity index is 324. The molecule has 0 saturated carbocycles. The van der Waals surface area contributed by atoms with Gasteiger partial charge in [0.05, 0.1) is 0 Å². The molecule has 1 aromatic heterocycles. The van der Waals surface area contributed by atoms with E-state index < -0.39 is 0 Å². The zero-order valence-corrected chi connectivity index (χ0v) is 10.7. The molecule has 0 saturated heterocycles. The Morgan fingerprint density at radius 2 is 2.12 bits per heavy atom. The van der Waals surface area contributed by atoms with Crippen LogP contribution < -0.4 is 4.90 Å². The number of hydrogen-bond acceptors (Lipinski definition) is 4. The molecule has 5 heteroatoms. The van der Waals surface area contributed by atoms with Crippen LogP contribution in [-0.4, -0.2) is 34.3 Å². The SMILES string of the molecule is Cc1cc(N(CCCO)C(C)C)nc(Cl)n1. The van der Waals surface area contributed by atoms with E-state index in [0.717, 1.165) is 24.5 Å². The molecule has 0 bridgehead atoms. The van der Waals surface area contributed by atoms with Gasteiger partial charge in [-0.2, -0.15) is 0 Å². The minimum absolute atomic E-state index is 0.182. The molecule has 16 heavy (non-hydrogen) atoms. The minimum Gasteiger partial charge on any atom is -0.396 e. The molecule has 1 heterocycles. The van der Waals surface area contributed by atoms with Gasteiger partial charge in [0.1, 0.15) is 5.82 Å². The number of hydrogen-bond donors (Lipinski definition) is 1. The van der Waals surface area contributed by atoms with E-state index in [9.17, 15) is 0 Å². The zero-order valence-electron chi connectivity index (χ0n) is 9.94. The Morgan fingerprint density at radius 1 is 1.44 bits per heavy atom. The van der Waals surface area contributed by atoms with E-state index in [1.165, 1.54) is 0 Å². The maximum atomic E-state index is 8.87. The van der Waals surface area contributed by atoms with Crippen molar-refractivity contribution in [3.05, 3.63) is 17.0 Å². The van der Waals surface area contributed by atoms with Crippen molar-refractivity contribution in [2.75, 3.05) is 18.1 Å². The highest BCUT2D eigenvalue weighted by Crippen LogP contribution is 2.17. The van der Waals surface area contributed by atoms with Crippen molar-refractivity contribution in [3.8, 4) is 0 Å². The summed E-state index contributed by atoms with van der Waals surface area (Å²) in [7, 11) is 0. The number of rotatable bonds is 5. The fourth-order valence-electron chi connectivity index (χ4n) is 1.54. The van der Waals surface area contributed by atoms with Gasteiger partial charge in [-0.05, 0) is 38.8 Å². The molecule has 0 aliphatic heterocycles. The monoisotopic (exact) mass is 243 g/mol. The minimum atomic E-state index is 0.182. The Kier molecular flexibility index (Phi) is 4.96. The molecule has 0 amide bonds. The summed E-state index contributed by atoms with van der Waals surface area (Å²) in [6.07, 6.45) is 0.721. The van der Waals surface area contributed by atoms with Crippen LogP contribution in [0.25, 0.3) is 0 Å². The van der Waals surface area contributed by atoms with Crippen LogP contribution in [0.3, 0.4) is 0 Å². The van der Waals surface area contributed by atoms with Crippen LogP contribution in [0.5, 0.6) is 0 Å². The lowest BCUT2D eigenvalue weighted by atomic mass is 10.2. The van der Waals surface area contributed by atoms with Crippen molar-refractivity contribution in [1.29, 1.82) is 0 Å². The van der Waals surface area contributed by atoms with Crippen molar-refractivity contribution in [1.82, 2.24) is 9.97 Å². The van der Waals surface area contributed by atoms with Crippen LogP contribution in [0.15, 0.2) is 6.07 Å². The molecule has 0 radical (unpaired) electrons. The third-order valence-electron chi connectivity index (χ3n) is 2.29. The van der Waals surface area contributed by atoms with Crippen molar-refractivity contribution in [2.45, 2.75) is 33.2 Å². The van der Waals surface area contributed by atoms with E-state index in [4.69, 9.17) is 16.7 Å². The lowest BCUT2D eigenvalue weighted by Crippen LogP contribution is -2.33. The first-order valence-electron chi connectivity index (χ1n) is 5.43. The topological polar surface area (TPSA) is 49.2 Å². The summed E-state index contributed by atoms with van der Waals surface area (Å²) in [6, 6.07) is 2.22. The highest BCUT2D eigenvalue weighted by molar-refractivity contribution is 6.28. The van der Waals surface area contributed by atoms with Gasteiger partial charge >= 0.3 is 0 Å². The van der Waals surface area contributed by atoms with Crippen LogP contribution in [-0.2, 0) is 0 Å². The molecule has 0 atom stereocenters. The Labute approximate surface area is 101 Å². The van der Waals surface area contributed by atoms with Crippen LogP contribution in [0, 0.1) is 6.92 Å². The van der Waals surface area contributed by atoms with Gasteiger partial charge in [-0.25, -0.2) is 9.97 Å². The highest BCUT2D eigenvalue weighted by atomic mass is 35.5. The van der Waals surface area contributed by atoms with Gasteiger partial charge in [-0.15, -0.1) is 0 Å². The van der Waals surface area contributed by atoms with Gasteiger partial charge in [0.2, 0.25) is 5.28 Å². The molecule has 90 valence electrons. The second-order valence-electron chi connectivity index (χ2n) is 4.00. The van der Waals surface area contributed by atoms with E-state index >= 15 is 0 Å². The summed E-state index contributed by atoms with van der Waals surface area (Å²) in [5, 5.41) is 9.14. The van der Waals surface area contributed by atoms with Crippen molar-refractivity contribution < 1.29 is 5.11 Å². The van der Waals surface area contributed by atoms with Crippen LogP contribution in [0.1, 0.15) is 26.0 Å². The van der Waals surface area contributed by atoms with Crippen LogP contribution >= 0.6 is 11.6 Å². The number of aliphatic hydroxyl groups is 1. The number of nitrogens with zero attached hydrogens (tertiary/aromatic N) is 3. The van der Waals surface area contributed by atoms with E-state index in [0.29, 0.717) is 6.04 Å². The summed E-state index contributed by atoms with van der Waals surface area (Å²) in [6.45, 7) is 7.01. The molecule has 0 aliphatic carbocycles. The molecular formula is C11H18ClN3O. The normalized spacial score (nSPS) is 10.9. The number of aryl methyl sites for hydroxylation is 1. The van der Waals surface area contributed by atoms with Gasteiger partial charge in [-0.1, -0.05) is 0 Å². The average molecular weight is 244 g/mol. The van der Waals surface area contributed by atoms with Crippen molar-refractivity contribution >= 4 is 17.4 Å². The number of aliphatic hydroxyl groups excluding tert-OH is 1. The summed E-state index contributed by atoms with van der Waals surface area (Å²) >= 11 is 5.83. The Hall–Kier alpha value is -0.870. The van der Waals surface area contributed by atoms with Crippen LogP contribution in [0.4, 0.5) is 5.82 Å². The first-order chi connectivity index (χ1) is 7.54. The van der Waals surface area contributed by atoms with Crippen LogP contribution in [0.2, 0.25) is 5.28 Å².